The molecule has 1 aromatic rings. The topological polar surface area (TPSA) is 50.4 Å². The van der Waals surface area contributed by atoms with Gasteiger partial charge in [-0.1, -0.05) is 6.92 Å². The van der Waals surface area contributed by atoms with Crippen LogP contribution in [0.1, 0.15) is 32.3 Å². The summed E-state index contributed by atoms with van der Waals surface area (Å²) in [5.74, 6) is 0.968. The number of nitrogens with zero attached hydrogens (tertiary/aromatic N) is 1. The van der Waals surface area contributed by atoms with E-state index in [0.29, 0.717) is 17.9 Å². The van der Waals surface area contributed by atoms with E-state index in [2.05, 4.69) is 34.1 Å². The van der Waals surface area contributed by atoms with Crippen LogP contribution in [0.3, 0.4) is 0 Å². The molecule has 1 aromatic heterocycles. The highest BCUT2D eigenvalue weighted by molar-refractivity contribution is 7.07. The molecule has 0 aliphatic carbocycles. The first-order valence-corrected chi connectivity index (χ1v) is 6.12. The molecule has 1 rings (SSSR count). The van der Waals surface area contributed by atoms with Crippen LogP contribution in [0.25, 0.3) is 0 Å². The van der Waals surface area contributed by atoms with Crippen molar-refractivity contribution in [3.8, 4) is 0 Å². The van der Waals surface area contributed by atoms with Crippen molar-refractivity contribution in [2.45, 2.75) is 32.7 Å². The van der Waals surface area contributed by atoms with Gasteiger partial charge < -0.3 is 11.1 Å². The van der Waals surface area contributed by atoms with Crippen LogP contribution in [0, 0.1) is 0 Å². The van der Waals surface area contributed by atoms with Crippen molar-refractivity contribution in [3.05, 3.63) is 22.4 Å². The van der Waals surface area contributed by atoms with Gasteiger partial charge in [0.1, 0.15) is 0 Å². The highest BCUT2D eigenvalue weighted by Gasteiger charge is 2.05. The third-order valence-corrected chi connectivity index (χ3v) is 2.79. The molecule has 0 aliphatic rings. The number of thiophene rings is 1. The van der Waals surface area contributed by atoms with Gasteiger partial charge in [0.05, 0.1) is 0 Å². The minimum absolute atomic E-state index is 0.338. The minimum atomic E-state index is 0.338. The maximum Gasteiger partial charge on any atom is 0.188 e. The molecule has 1 atom stereocenters. The molecule has 0 fully saturated rings. The summed E-state index contributed by atoms with van der Waals surface area (Å²) < 4.78 is 0. The van der Waals surface area contributed by atoms with E-state index >= 15 is 0 Å². The molecule has 3 N–H and O–H groups in total. The molecule has 1 unspecified atom stereocenters. The van der Waals surface area contributed by atoms with Gasteiger partial charge in [0.2, 0.25) is 0 Å². The van der Waals surface area contributed by atoms with Crippen LogP contribution in [0.4, 0.5) is 0 Å². The Morgan fingerprint density at radius 3 is 2.80 bits per heavy atom. The van der Waals surface area contributed by atoms with Gasteiger partial charge in [-0.05, 0) is 36.2 Å². The zero-order valence-electron chi connectivity index (χ0n) is 9.53. The van der Waals surface area contributed by atoms with E-state index in [4.69, 9.17) is 5.73 Å². The Morgan fingerprint density at radius 1 is 1.53 bits per heavy atom. The molecular weight excluding hydrogens is 206 g/mol. The lowest BCUT2D eigenvalue weighted by Gasteiger charge is -2.10. The Labute approximate surface area is 95.4 Å². The molecular formula is C11H19N3S. The number of hydrogen-bond acceptors (Lipinski definition) is 2. The van der Waals surface area contributed by atoms with E-state index < -0.39 is 0 Å². The fraction of sp³-hybridized carbons (Fsp3) is 0.545. The van der Waals surface area contributed by atoms with Gasteiger partial charge in [0, 0.05) is 18.5 Å². The summed E-state index contributed by atoms with van der Waals surface area (Å²) in [7, 11) is 0. The van der Waals surface area contributed by atoms with E-state index in [1.807, 2.05) is 13.8 Å². The number of nitrogens with one attached hydrogen (secondary N) is 1. The quantitative estimate of drug-likeness (QED) is 0.609. The molecule has 3 nitrogen and oxygen atoms in total. The summed E-state index contributed by atoms with van der Waals surface area (Å²) in [4.78, 5) is 4.31. The fourth-order valence-corrected chi connectivity index (χ4v) is 2.02. The molecule has 0 aromatic carbocycles. The first-order chi connectivity index (χ1) is 7.09. The van der Waals surface area contributed by atoms with E-state index in [1.165, 1.54) is 5.56 Å². The maximum absolute atomic E-state index is 5.72. The van der Waals surface area contributed by atoms with Crippen LogP contribution in [0.15, 0.2) is 21.8 Å². The monoisotopic (exact) mass is 225 g/mol. The molecule has 4 heteroatoms. The summed E-state index contributed by atoms with van der Waals surface area (Å²) in [6.45, 7) is 6.99. The highest BCUT2D eigenvalue weighted by atomic mass is 32.1. The fourth-order valence-electron chi connectivity index (χ4n) is 1.24. The van der Waals surface area contributed by atoms with Gasteiger partial charge in [-0.25, -0.2) is 0 Å². The van der Waals surface area contributed by atoms with Gasteiger partial charge in [-0.2, -0.15) is 11.3 Å². The van der Waals surface area contributed by atoms with Gasteiger partial charge in [0.15, 0.2) is 5.96 Å². The summed E-state index contributed by atoms with van der Waals surface area (Å²) in [5.41, 5.74) is 7.05. The van der Waals surface area contributed by atoms with E-state index in [0.717, 1.165) is 6.54 Å². The summed E-state index contributed by atoms with van der Waals surface area (Å²) >= 11 is 1.72. The van der Waals surface area contributed by atoms with Crippen LogP contribution in [-0.2, 0) is 0 Å². The van der Waals surface area contributed by atoms with E-state index in [1.54, 1.807) is 11.3 Å². The van der Waals surface area contributed by atoms with Crippen LogP contribution in [-0.4, -0.2) is 18.5 Å². The summed E-state index contributed by atoms with van der Waals surface area (Å²) in [6, 6.07) is 2.47. The first-order valence-electron chi connectivity index (χ1n) is 5.18. The van der Waals surface area contributed by atoms with Crippen LogP contribution in [0.2, 0.25) is 0 Å². The van der Waals surface area contributed by atoms with Gasteiger partial charge >= 0.3 is 0 Å². The van der Waals surface area contributed by atoms with Crippen LogP contribution < -0.4 is 11.1 Å². The second kappa shape index (κ2) is 5.75. The van der Waals surface area contributed by atoms with Crippen molar-refractivity contribution in [2.24, 2.45) is 10.7 Å². The SMILES string of the molecule is CC(C)NC(N)=NCC(C)c1ccsc1. The molecule has 0 aliphatic heterocycles. The molecule has 0 saturated carbocycles. The number of guanidine groups is 1. The normalized spacial score (nSPS) is 14.3. The smallest absolute Gasteiger partial charge is 0.188 e. The Hall–Kier alpha value is -1.03. The van der Waals surface area contributed by atoms with Crippen molar-refractivity contribution in [1.82, 2.24) is 5.32 Å². The Bertz CT molecular complexity index is 304. The molecule has 0 saturated heterocycles. The number of hydrogen-bond donors (Lipinski definition) is 2. The second-order valence-corrected chi connectivity index (χ2v) is 4.76. The lowest BCUT2D eigenvalue weighted by molar-refractivity contribution is 0.712. The first kappa shape index (κ1) is 12.0. The third-order valence-electron chi connectivity index (χ3n) is 2.08. The highest BCUT2D eigenvalue weighted by Crippen LogP contribution is 2.17. The van der Waals surface area contributed by atoms with Gasteiger partial charge in [-0.15, -0.1) is 0 Å². The lowest BCUT2D eigenvalue weighted by atomic mass is 10.1. The van der Waals surface area contributed by atoms with E-state index in [9.17, 15) is 0 Å². The zero-order valence-corrected chi connectivity index (χ0v) is 10.3. The van der Waals surface area contributed by atoms with Crippen molar-refractivity contribution in [3.63, 3.8) is 0 Å². The molecule has 0 radical (unpaired) electrons. The number of aliphatic imine (C=N–C) groups is 1. The molecule has 1 heterocycles. The summed E-state index contributed by atoms with van der Waals surface area (Å²) in [6.07, 6.45) is 0. The largest absolute Gasteiger partial charge is 0.370 e. The molecule has 15 heavy (non-hydrogen) atoms. The van der Waals surface area contributed by atoms with Gasteiger partial charge in [-0.3, -0.25) is 4.99 Å². The third kappa shape index (κ3) is 4.34. The standard InChI is InChI=1S/C11H19N3S/c1-8(2)14-11(12)13-6-9(3)10-4-5-15-7-10/h4-5,7-9H,6H2,1-3H3,(H3,12,13,14). The lowest BCUT2D eigenvalue weighted by Crippen LogP contribution is -2.37. The average molecular weight is 225 g/mol. The predicted molar refractivity (Wildman–Crippen MR) is 67.5 cm³/mol. The van der Waals surface area contributed by atoms with Gasteiger partial charge in [0.25, 0.3) is 0 Å². The van der Waals surface area contributed by atoms with Crippen molar-refractivity contribution < 1.29 is 0 Å². The molecule has 0 bridgehead atoms. The number of rotatable bonds is 4. The Kier molecular flexibility index (Phi) is 4.62. The van der Waals surface area contributed by atoms with E-state index in [-0.39, 0.29) is 0 Å². The van der Waals surface area contributed by atoms with Crippen molar-refractivity contribution >= 4 is 17.3 Å². The second-order valence-electron chi connectivity index (χ2n) is 3.98. The van der Waals surface area contributed by atoms with Crippen molar-refractivity contribution in [1.29, 1.82) is 0 Å². The Balaban J connectivity index is 2.42. The Morgan fingerprint density at radius 2 is 2.27 bits per heavy atom. The zero-order chi connectivity index (χ0) is 11.3. The van der Waals surface area contributed by atoms with Crippen LogP contribution in [0.5, 0.6) is 0 Å². The molecule has 0 spiro atoms. The molecule has 0 amide bonds. The summed E-state index contributed by atoms with van der Waals surface area (Å²) in [5, 5.41) is 7.32. The average Bonchev–Trinajstić information content (AvgIpc) is 2.65. The minimum Gasteiger partial charge on any atom is -0.370 e. The van der Waals surface area contributed by atoms with Crippen LogP contribution >= 0.6 is 11.3 Å². The number of nitrogens with two attached hydrogens (primary N) is 1. The maximum atomic E-state index is 5.72. The molecule has 84 valence electrons. The van der Waals surface area contributed by atoms with Crippen molar-refractivity contribution in [2.75, 3.05) is 6.54 Å². The predicted octanol–water partition coefficient (Wildman–Crippen LogP) is 2.16.